The van der Waals surface area contributed by atoms with Gasteiger partial charge >= 0.3 is 31.5 Å². The van der Waals surface area contributed by atoms with Gasteiger partial charge in [-0.15, -0.1) is 10.2 Å². The molecule has 6 atom stereocenters. The fraction of sp³-hybridized carbons (Fsp3) is 0.366. The van der Waals surface area contributed by atoms with Crippen LogP contribution >= 0.6 is 22.6 Å². The van der Waals surface area contributed by atoms with Crippen LogP contribution in [-0.2, 0) is 50.9 Å². The lowest BCUT2D eigenvalue weighted by Crippen LogP contribution is -2.51. The molecule has 0 aliphatic carbocycles. The van der Waals surface area contributed by atoms with E-state index in [1.54, 1.807) is 57.1 Å². The number of anilines is 2. The van der Waals surface area contributed by atoms with Crippen molar-refractivity contribution in [1.29, 1.82) is 0 Å². The molecule has 0 bridgehead atoms. The van der Waals surface area contributed by atoms with Crippen LogP contribution in [0.3, 0.4) is 0 Å². The van der Waals surface area contributed by atoms with Gasteiger partial charge < -0.3 is 58.7 Å². The van der Waals surface area contributed by atoms with Crippen molar-refractivity contribution in [2.24, 2.45) is 11.8 Å². The molecule has 10 aromatic rings. The Morgan fingerprint density at radius 1 is 0.570 bits per heavy atom. The van der Waals surface area contributed by atoms with Crippen LogP contribution in [0.15, 0.2) is 170 Å². The van der Waals surface area contributed by atoms with Crippen molar-refractivity contribution in [3.8, 4) is 56.2 Å². The van der Waals surface area contributed by atoms with E-state index in [9.17, 15) is 33.2 Å². The molecule has 28 nitrogen and oxygen atoms in total. The van der Waals surface area contributed by atoms with Crippen molar-refractivity contribution < 1.29 is 65.8 Å². The summed E-state index contributed by atoms with van der Waals surface area (Å²) >= 11 is 1.91. The zero-order chi connectivity index (χ0) is 80.7. The highest BCUT2D eigenvalue weighted by Gasteiger charge is 2.52. The Kier molecular flexibility index (Phi) is 24.7. The molecular formula is C82H90BF2IN16O12. The van der Waals surface area contributed by atoms with Gasteiger partial charge in [0.25, 0.3) is 0 Å². The van der Waals surface area contributed by atoms with Crippen LogP contribution in [0.5, 0.6) is 0 Å². The molecule has 4 aromatic heterocycles. The SMILES string of the molecule is COC(=O)N[C@H](C(=O)N1CCC[C@H]1c1ncc(-c2ccc(-c3ccc(N4C[C@H](Cn5cc(-c6ccccc6)nn5)OC4=O)cc3F)cc2)[nH]1)C(C)C.COC(=O)N[C@H](C(=O)N1CCC[C@H]1c1ncc(-c2ccc(B3OC(C)(C)C(C)(C)O3)cc2)[nH]1)C(C)C.O=C1O[C@@H](Cn2cc(-c3ccccc3)nn2)CN1c1ccc(I)c(F)c1. The van der Waals surface area contributed by atoms with Gasteiger partial charge in [-0.05, 0) is 146 Å². The normalized spacial score (nSPS) is 18.7. The van der Waals surface area contributed by atoms with Crippen molar-refractivity contribution in [2.45, 2.75) is 142 Å². The number of carbonyl (C=O) groups is 6. The summed E-state index contributed by atoms with van der Waals surface area (Å²) in [5.74, 6) is 0.0673. The number of halogens is 3. The highest BCUT2D eigenvalue weighted by atomic mass is 127. The number of aromatic nitrogens is 10. The predicted molar refractivity (Wildman–Crippen MR) is 430 cm³/mol. The molecule has 32 heteroatoms. The number of likely N-dealkylation sites (tertiary alicyclic amines) is 2. The summed E-state index contributed by atoms with van der Waals surface area (Å²) in [6, 6.07) is 42.4. The molecule has 5 fully saturated rings. The Bertz CT molecular complexity index is 5050. The third kappa shape index (κ3) is 18.3. The number of carbonyl (C=O) groups excluding carboxylic acids is 6. The Hall–Kier alpha value is -11.4. The number of aromatic amines is 2. The average molecular weight is 1670 g/mol. The number of hydrogen-bond acceptors (Lipinski definition) is 18. The number of benzene rings is 6. The molecule has 5 saturated heterocycles. The Morgan fingerprint density at radius 2 is 0.991 bits per heavy atom. The number of cyclic esters (lactones) is 2. The maximum absolute atomic E-state index is 15.5. The summed E-state index contributed by atoms with van der Waals surface area (Å²) in [5, 5.41) is 22.0. The Morgan fingerprint density at radius 3 is 1.41 bits per heavy atom. The first-order valence-corrected chi connectivity index (χ1v) is 38.9. The van der Waals surface area contributed by atoms with Crippen LogP contribution in [0.4, 0.5) is 39.3 Å². The number of alkyl carbamates (subject to hydrolysis) is 2. The van der Waals surface area contributed by atoms with E-state index in [0.29, 0.717) is 64.6 Å². The van der Waals surface area contributed by atoms with Crippen molar-refractivity contribution in [1.82, 2.24) is 70.4 Å². The van der Waals surface area contributed by atoms with E-state index in [2.05, 4.69) is 51.2 Å². The van der Waals surface area contributed by atoms with E-state index in [1.807, 2.05) is 198 Å². The number of H-pyrrole nitrogens is 2. The number of nitrogens with one attached hydrogen (secondary N) is 4. The number of imidazole rings is 2. The topological polar surface area (TPSA) is 314 Å². The summed E-state index contributed by atoms with van der Waals surface area (Å²) in [6.45, 7) is 18.2. The first kappa shape index (κ1) is 80.7. The number of ether oxygens (including phenoxy) is 4. The van der Waals surface area contributed by atoms with Crippen molar-refractivity contribution in [2.75, 3.05) is 50.2 Å². The Labute approximate surface area is 672 Å². The maximum atomic E-state index is 15.5. The fourth-order valence-corrected chi connectivity index (χ4v) is 14.5. The number of rotatable bonds is 20. The minimum Gasteiger partial charge on any atom is -0.453 e. The summed E-state index contributed by atoms with van der Waals surface area (Å²) in [5.41, 5.74) is 8.97. The summed E-state index contributed by atoms with van der Waals surface area (Å²) in [7, 11) is 2.15. The van der Waals surface area contributed by atoms with Crippen molar-refractivity contribution in [3.63, 3.8) is 0 Å². The van der Waals surface area contributed by atoms with Crippen LogP contribution in [0.25, 0.3) is 56.2 Å². The van der Waals surface area contributed by atoms with Gasteiger partial charge in [-0.2, -0.15) is 0 Å². The first-order valence-electron chi connectivity index (χ1n) is 37.8. The maximum Gasteiger partial charge on any atom is 0.494 e. The van der Waals surface area contributed by atoms with Gasteiger partial charge in [-0.3, -0.25) is 19.4 Å². The second-order valence-electron chi connectivity index (χ2n) is 30.1. The molecule has 5 aliphatic rings. The van der Waals surface area contributed by atoms with E-state index in [4.69, 9.17) is 28.3 Å². The highest BCUT2D eigenvalue weighted by Crippen LogP contribution is 2.39. The molecule has 15 rings (SSSR count). The van der Waals surface area contributed by atoms with Crippen LogP contribution in [0, 0.1) is 27.0 Å². The molecule has 5 aliphatic heterocycles. The van der Waals surface area contributed by atoms with Gasteiger partial charge in [-0.1, -0.05) is 147 Å². The molecule has 0 saturated carbocycles. The van der Waals surface area contributed by atoms with Gasteiger partial charge in [0, 0.05) is 33.4 Å². The van der Waals surface area contributed by atoms with Crippen LogP contribution in [0.1, 0.15) is 105 Å². The van der Waals surface area contributed by atoms with Gasteiger partial charge in [0.2, 0.25) is 11.8 Å². The second kappa shape index (κ2) is 34.9. The average Bonchev–Trinajstić information content (AvgIpc) is 1.62. The number of methoxy groups -OCH3 is 2. The lowest BCUT2D eigenvalue weighted by atomic mass is 9.79. The lowest BCUT2D eigenvalue weighted by Gasteiger charge is -2.32. The van der Waals surface area contributed by atoms with E-state index in [1.165, 1.54) is 36.2 Å². The smallest absolute Gasteiger partial charge is 0.453 e. The summed E-state index contributed by atoms with van der Waals surface area (Å²) in [4.78, 5) is 97.9. The molecule has 0 radical (unpaired) electrons. The number of amides is 6. The molecule has 9 heterocycles. The minimum absolute atomic E-state index is 0.0764. The van der Waals surface area contributed by atoms with Crippen molar-refractivity contribution >= 4 is 82.7 Å². The van der Waals surface area contributed by atoms with E-state index in [0.717, 1.165) is 82.0 Å². The highest BCUT2D eigenvalue weighted by molar-refractivity contribution is 14.1. The van der Waals surface area contributed by atoms with E-state index in [-0.39, 0.29) is 65.4 Å². The number of nitrogens with zero attached hydrogens (tertiary/aromatic N) is 12. The molecule has 4 N–H and O–H groups in total. The predicted octanol–water partition coefficient (Wildman–Crippen LogP) is 13.3. The van der Waals surface area contributed by atoms with Gasteiger partial charge in [0.1, 0.15) is 59.0 Å². The molecule has 0 unspecified atom stereocenters. The number of hydrogen-bond donors (Lipinski definition) is 4. The van der Waals surface area contributed by atoms with Crippen molar-refractivity contribution in [3.05, 3.63) is 197 Å². The van der Waals surface area contributed by atoms with E-state index < -0.39 is 55.5 Å². The molecule has 6 aromatic carbocycles. The minimum atomic E-state index is -0.717. The van der Waals surface area contributed by atoms with Crippen LogP contribution in [-0.4, -0.2) is 179 Å². The van der Waals surface area contributed by atoms with Gasteiger partial charge in [0.05, 0.1) is 111 Å². The molecule has 114 heavy (non-hydrogen) atoms. The largest absolute Gasteiger partial charge is 0.494 e. The quantitative estimate of drug-likeness (QED) is 0.0313. The molecule has 594 valence electrons. The summed E-state index contributed by atoms with van der Waals surface area (Å²) in [6.07, 6.45) is 7.22. The third-order valence-corrected chi connectivity index (χ3v) is 22.0. The molecule has 0 spiro atoms. The fourth-order valence-electron chi connectivity index (χ4n) is 14.2. The Balaban J connectivity index is 0.000000159. The molecule has 6 amide bonds. The van der Waals surface area contributed by atoms with Crippen LogP contribution < -0.4 is 25.9 Å². The lowest BCUT2D eigenvalue weighted by molar-refractivity contribution is -0.136. The second-order valence-corrected chi connectivity index (χ2v) is 31.3. The zero-order valence-electron chi connectivity index (χ0n) is 64.8. The van der Waals surface area contributed by atoms with E-state index >= 15 is 4.39 Å². The monoisotopic (exact) mass is 1670 g/mol. The zero-order valence-corrected chi connectivity index (χ0v) is 67.0. The first-order chi connectivity index (χ1) is 54.7. The van der Waals surface area contributed by atoms with Gasteiger partial charge in [-0.25, -0.2) is 47.3 Å². The van der Waals surface area contributed by atoms with Gasteiger partial charge in [0.15, 0.2) is 0 Å². The summed E-state index contributed by atoms with van der Waals surface area (Å²) < 4.78 is 65.8. The molecular weight excluding hydrogens is 1580 g/mol. The standard InChI is InChI=1S/C38H39FN8O5.C26H37BN4O5.C18H14FIN4O2/c1-23(2)34(42-37(49)51-3)36(48)46-17-7-10-33(46)35-40-19-31(41-35)26-13-11-24(12-14-26)29-16-15-27(18-30(29)39)47-21-28(52-38(47)50)20-45-22-32(43-44-45)25-8-5-4-6-9-25;1-16(2)21(30-24(33)34-7)23(32)31-14-8-9-20(31)22-28-15-19(29-22)17-10-12-18(13-11-17)27-35-25(3,4)26(5,6)36-27;19-15-8-13(6-7-16(15)20)24-10-14(26-18(24)25)9-23-11-17(21-22-23)12-4-2-1-3-5-12/h4-6,8-9,11-16,18-19,22-23,28,33-34H,7,10,17,20-21H2,1-3H3,(H,40,41)(H,42,49);10-13,15-16,20-21H,8-9,14H2,1-7H3,(H,28,29)(H,30,33);1-8,11,14H,9-10H2/t28-,33-,34-;20-,21-;14-/m000/s1. The third-order valence-electron chi connectivity index (χ3n) is 21.2. The van der Waals surface area contributed by atoms with Crippen LogP contribution in [0.2, 0.25) is 0 Å².